The summed E-state index contributed by atoms with van der Waals surface area (Å²) < 4.78 is 0. The van der Waals surface area contributed by atoms with Gasteiger partial charge in [-0.05, 0) is 19.4 Å². The number of primary amides is 1. The van der Waals surface area contributed by atoms with Crippen molar-refractivity contribution in [3.63, 3.8) is 0 Å². The van der Waals surface area contributed by atoms with Gasteiger partial charge in [-0.1, -0.05) is 0 Å². The topological polar surface area (TPSA) is 118 Å². The molecular weight excluding hydrogens is 174 g/mol. The summed E-state index contributed by atoms with van der Waals surface area (Å²) in [5.74, 6) is -1.19. The lowest BCUT2D eigenvalue weighted by Gasteiger charge is -1.99. The predicted molar refractivity (Wildman–Crippen MR) is 46.9 cm³/mol. The Kier molecular flexibility index (Phi) is 5.82. The van der Waals surface area contributed by atoms with Crippen LogP contribution in [0.4, 0.5) is 0 Å². The molecule has 0 spiro atoms. The molecule has 76 valence electrons. The van der Waals surface area contributed by atoms with Gasteiger partial charge in [-0.15, -0.1) is 0 Å². The van der Waals surface area contributed by atoms with E-state index in [2.05, 4.69) is 11.1 Å². The maximum absolute atomic E-state index is 10.1. The molecule has 0 aromatic carbocycles. The van der Waals surface area contributed by atoms with Crippen LogP contribution in [-0.2, 0) is 9.59 Å². The quantitative estimate of drug-likeness (QED) is 0.411. The van der Waals surface area contributed by atoms with E-state index in [9.17, 15) is 9.59 Å². The van der Waals surface area contributed by atoms with Gasteiger partial charge in [0.2, 0.25) is 5.91 Å². The van der Waals surface area contributed by atoms with Gasteiger partial charge >= 0.3 is 5.97 Å². The van der Waals surface area contributed by atoms with Gasteiger partial charge in [0.15, 0.2) is 0 Å². The fourth-order valence-corrected chi connectivity index (χ4v) is 0.895. The smallest absolute Gasteiger partial charge is 0.320 e. The number of carbonyl (C=O) groups is 2. The van der Waals surface area contributed by atoms with Crippen molar-refractivity contribution in [3.8, 4) is 0 Å². The second-order valence-corrected chi connectivity index (χ2v) is 2.66. The van der Waals surface area contributed by atoms with E-state index in [0.717, 1.165) is 19.4 Å². The third-order valence-corrected chi connectivity index (χ3v) is 1.56. The SMILES string of the molecule is NCC(N)=O.O=C(O)C1CCCN1. The van der Waals surface area contributed by atoms with Crippen LogP contribution in [0.5, 0.6) is 0 Å². The summed E-state index contributed by atoms with van der Waals surface area (Å²) in [4.78, 5) is 19.6. The van der Waals surface area contributed by atoms with Crippen molar-refractivity contribution in [1.29, 1.82) is 0 Å². The Morgan fingerprint density at radius 3 is 2.23 bits per heavy atom. The molecule has 0 radical (unpaired) electrons. The summed E-state index contributed by atoms with van der Waals surface area (Å²) in [6, 6.07) is -0.269. The minimum absolute atomic E-state index is 0.0556. The number of hydrogen-bond acceptors (Lipinski definition) is 4. The number of carboxylic acids is 1. The van der Waals surface area contributed by atoms with Crippen LogP contribution in [-0.4, -0.2) is 36.1 Å². The number of rotatable bonds is 2. The second-order valence-electron chi connectivity index (χ2n) is 2.66. The number of hydrogen-bond donors (Lipinski definition) is 4. The molecule has 6 nitrogen and oxygen atoms in total. The van der Waals surface area contributed by atoms with Gasteiger partial charge in [-0.2, -0.15) is 0 Å². The highest BCUT2D eigenvalue weighted by Crippen LogP contribution is 2.03. The molecule has 0 aromatic heterocycles. The minimum Gasteiger partial charge on any atom is -0.480 e. The maximum atomic E-state index is 10.1. The Morgan fingerprint density at radius 2 is 2.08 bits per heavy atom. The number of aliphatic carboxylic acids is 1. The zero-order chi connectivity index (χ0) is 10.3. The predicted octanol–water partition coefficient (Wildman–Crippen LogP) is -1.75. The van der Waals surface area contributed by atoms with Crippen LogP contribution in [0, 0.1) is 0 Å². The van der Waals surface area contributed by atoms with E-state index in [1.165, 1.54) is 0 Å². The van der Waals surface area contributed by atoms with Crippen LogP contribution in [0.1, 0.15) is 12.8 Å². The largest absolute Gasteiger partial charge is 0.480 e. The maximum Gasteiger partial charge on any atom is 0.320 e. The summed E-state index contributed by atoms with van der Waals surface area (Å²) in [7, 11) is 0. The summed E-state index contributed by atoms with van der Waals surface area (Å²) in [6.45, 7) is 0.803. The first-order valence-electron chi connectivity index (χ1n) is 4.02. The molecule has 0 aliphatic carbocycles. The Hall–Kier alpha value is -1.14. The van der Waals surface area contributed by atoms with Crippen LogP contribution in [0.15, 0.2) is 0 Å². The monoisotopic (exact) mass is 189 g/mol. The highest BCUT2D eigenvalue weighted by molar-refractivity contribution is 5.75. The fourth-order valence-electron chi connectivity index (χ4n) is 0.895. The number of carbonyl (C=O) groups excluding carboxylic acids is 1. The van der Waals surface area contributed by atoms with E-state index in [1.807, 2.05) is 0 Å². The molecule has 1 atom stereocenters. The van der Waals surface area contributed by atoms with Gasteiger partial charge in [0, 0.05) is 0 Å². The molecular formula is C7H15N3O3. The lowest BCUT2D eigenvalue weighted by molar-refractivity contribution is -0.139. The Balaban J connectivity index is 0.000000252. The Morgan fingerprint density at radius 1 is 1.54 bits per heavy atom. The van der Waals surface area contributed by atoms with Crippen molar-refractivity contribution in [1.82, 2.24) is 5.32 Å². The summed E-state index contributed by atoms with van der Waals surface area (Å²) >= 11 is 0. The Bertz CT molecular complexity index is 178. The van der Waals surface area contributed by atoms with Crippen molar-refractivity contribution in [3.05, 3.63) is 0 Å². The molecule has 1 amide bonds. The van der Waals surface area contributed by atoms with E-state index in [1.54, 1.807) is 0 Å². The first-order chi connectivity index (χ1) is 6.07. The number of nitrogens with two attached hydrogens (primary N) is 2. The summed E-state index contributed by atoms with van der Waals surface area (Å²) in [5.41, 5.74) is 9.22. The van der Waals surface area contributed by atoms with Crippen LogP contribution in [0.25, 0.3) is 0 Å². The zero-order valence-electron chi connectivity index (χ0n) is 7.32. The number of amides is 1. The van der Waals surface area contributed by atoms with Crippen LogP contribution in [0.3, 0.4) is 0 Å². The van der Waals surface area contributed by atoms with Crippen molar-refractivity contribution >= 4 is 11.9 Å². The van der Waals surface area contributed by atoms with E-state index < -0.39 is 11.9 Å². The first kappa shape index (κ1) is 11.9. The van der Waals surface area contributed by atoms with Crippen molar-refractivity contribution in [2.24, 2.45) is 11.5 Å². The van der Waals surface area contributed by atoms with E-state index >= 15 is 0 Å². The molecule has 0 bridgehead atoms. The molecule has 1 unspecified atom stereocenters. The number of carboxylic acid groups (broad SMARTS) is 1. The van der Waals surface area contributed by atoms with Crippen molar-refractivity contribution < 1.29 is 14.7 Å². The standard InChI is InChI=1S/C5H9NO2.C2H6N2O/c7-5(8)4-2-1-3-6-4;3-1-2(4)5/h4,6H,1-3H2,(H,7,8);1,3H2,(H2,4,5). The van der Waals surface area contributed by atoms with Crippen molar-refractivity contribution in [2.75, 3.05) is 13.1 Å². The highest BCUT2D eigenvalue weighted by atomic mass is 16.4. The van der Waals surface area contributed by atoms with Gasteiger partial charge in [0.05, 0.1) is 6.54 Å². The van der Waals surface area contributed by atoms with Crippen LogP contribution in [0.2, 0.25) is 0 Å². The van der Waals surface area contributed by atoms with Gasteiger partial charge in [0.25, 0.3) is 0 Å². The second kappa shape index (κ2) is 6.38. The van der Waals surface area contributed by atoms with Gasteiger partial charge in [-0.25, -0.2) is 0 Å². The summed E-state index contributed by atoms with van der Waals surface area (Å²) in [6.07, 6.45) is 1.78. The van der Waals surface area contributed by atoms with Gasteiger partial charge in [-0.3, -0.25) is 9.59 Å². The molecule has 1 aliphatic heterocycles. The molecule has 13 heavy (non-hydrogen) atoms. The average molecular weight is 189 g/mol. The number of nitrogens with one attached hydrogen (secondary N) is 1. The average Bonchev–Trinajstić information content (AvgIpc) is 2.57. The molecule has 0 saturated carbocycles. The van der Waals surface area contributed by atoms with Gasteiger partial charge < -0.3 is 21.9 Å². The minimum atomic E-state index is -0.720. The lowest BCUT2D eigenvalue weighted by Crippen LogP contribution is -2.29. The first-order valence-corrected chi connectivity index (χ1v) is 4.02. The highest BCUT2D eigenvalue weighted by Gasteiger charge is 2.20. The van der Waals surface area contributed by atoms with E-state index in [4.69, 9.17) is 10.8 Å². The van der Waals surface area contributed by atoms with Crippen molar-refractivity contribution in [2.45, 2.75) is 18.9 Å². The third kappa shape index (κ3) is 6.06. The molecule has 1 rings (SSSR count). The fraction of sp³-hybridized carbons (Fsp3) is 0.714. The van der Waals surface area contributed by atoms with E-state index in [0.29, 0.717) is 0 Å². The lowest BCUT2D eigenvalue weighted by atomic mass is 10.2. The van der Waals surface area contributed by atoms with Gasteiger partial charge in [0.1, 0.15) is 6.04 Å². The molecule has 1 saturated heterocycles. The zero-order valence-corrected chi connectivity index (χ0v) is 7.32. The molecule has 1 aliphatic rings. The van der Waals surface area contributed by atoms with Crippen LogP contribution >= 0.6 is 0 Å². The molecule has 1 heterocycles. The molecule has 6 N–H and O–H groups in total. The molecule has 0 aromatic rings. The van der Waals surface area contributed by atoms with Crippen LogP contribution < -0.4 is 16.8 Å². The third-order valence-electron chi connectivity index (χ3n) is 1.56. The Labute approximate surface area is 76.3 Å². The molecule has 1 fully saturated rings. The van der Waals surface area contributed by atoms with E-state index in [-0.39, 0.29) is 12.6 Å². The summed E-state index contributed by atoms with van der Waals surface area (Å²) in [5, 5.41) is 11.2. The normalized spacial score (nSPS) is 20.2. The molecule has 6 heteroatoms.